The highest BCUT2D eigenvalue weighted by Crippen LogP contribution is 2.48. The summed E-state index contributed by atoms with van der Waals surface area (Å²) in [6, 6.07) is 34.0. The molecule has 1 aliphatic carbocycles. The number of imidazole rings is 1. The van der Waals surface area contributed by atoms with Gasteiger partial charge in [0.05, 0.1) is 22.6 Å². The van der Waals surface area contributed by atoms with Crippen molar-refractivity contribution in [1.29, 1.82) is 0 Å². The van der Waals surface area contributed by atoms with Crippen molar-refractivity contribution < 1.29 is 4.79 Å². The van der Waals surface area contributed by atoms with Crippen molar-refractivity contribution in [2.45, 2.75) is 64.6 Å². The molecular weight excluding hydrogens is 552 g/mol. The van der Waals surface area contributed by atoms with E-state index in [0.29, 0.717) is 6.42 Å². The van der Waals surface area contributed by atoms with E-state index in [-0.39, 0.29) is 23.3 Å². The summed E-state index contributed by atoms with van der Waals surface area (Å²) >= 11 is 0. The fraction of sp³-hybridized carbons (Fsp3) is 0.250. The van der Waals surface area contributed by atoms with Crippen molar-refractivity contribution in [3.8, 4) is 0 Å². The minimum Gasteiger partial charge on any atom is -0.358 e. The standard InChI is InChI=1S/C40H38N4O/c1-25-12-8-9-15-30(25)29-21-33-37(36(45)22-29)38(44-35-17-11-10-16-32(35)41-39(44)42-33)28-18-19-34-31(20-28)26(2)23-40(3,4)43(34)24-27-13-6-5-7-14-27/h5-20,23,29,38H,21-22,24H2,1-4H3,(H,41,42). The van der Waals surface area contributed by atoms with Crippen LogP contribution in [0, 0.1) is 6.92 Å². The molecule has 4 aromatic carbocycles. The first kappa shape index (κ1) is 27.6. The van der Waals surface area contributed by atoms with Crippen LogP contribution in [0.2, 0.25) is 0 Å². The number of hydrogen-bond donors (Lipinski definition) is 1. The molecule has 2 unspecified atom stereocenters. The molecule has 0 radical (unpaired) electrons. The van der Waals surface area contributed by atoms with Crippen molar-refractivity contribution in [2.75, 3.05) is 10.2 Å². The normalized spacial score (nSPS) is 20.3. The van der Waals surface area contributed by atoms with Crippen molar-refractivity contribution in [2.24, 2.45) is 0 Å². The zero-order valence-electron chi connectivity index (χ0n) is 26.3. The van der Waals surface area contributed by atoms with Gasteiger partial charge in [-0.1, -0.05) is 78.9 Å². The lowest BCUT2D eigenvalue weighted by Gasteiger charge is -2.44. The molecular formula is C40H38N4O. The van der Waals surface area contributed by atoms with Gasteiger partial charge in [-0.05, 0) is 92.1 Å². The predicted octanol–water partition coefficient (Wildman–Crippen LogP) is 8.96. The van der Waals surface area contributed by atoms with E-state index >= 15 is 0 Å². The molecule has 2 aliphatic heterocycles. The molecule has 8 rings (SSSR count). The van der Waals surface area contributed by atoms with Gasteiger partial charge >= 0.3 is 0 Å². The number of allylic oxidation sites excluding steroid dienone is 3. The third-order valence-corrected chi connectivity index (χ3v) is 10.0. The molecule has 3 aliphatic rings. The van der Waals surface area contributed by atoms with Crippen molar-refractivity contribution in [3.63, 3.8) is 0 Å². The minimum atomic E-state index is -0.260. The molecule has 5 aromatic rings. The van der Waals surface area contributed by atoms with Gasteiger partial charge in [-0.25, -0.2) is 4.98 Å². The van der Waals surface area contributed by atoms with Gasteiger partial charge < -0.3 is 10.2 Å². The van der Waals surface area contributed by atoms with E-state index in [1.807, 2.05) is 6.07 Å². The van der Waals surface area contributed by atoms with Crippen LogP contribution in [0.15, 0.2) is 114 Å². The lowest BCUT2D eigenvalue weighted by Crippen LogP contribution is -2.44. The largest absolute Gasteiger partial charge is 0.358 e. The van der Waals surface area contributed by atoms with Gasteiger partial charge in [-0.15, -0.1) is 0 Å². The third-order valence-electron chi connectivity index (χ3n) is 10.0. The van der Waals surface area contributed by atoms with Gasteiger partial charge in [-0.2, -0.15) is 0 Å². The Kier molecular flexibility index (Phi) is 6.35. The van der Waals surface area contributed by atoms with E-state index in [1.165, 1.54) is 33.5 Å². The second kappa shape index (κ2) is 10.3. The van der Waals surface area contributed by atoms with Crippen LogP contribution in [0.1, 0.15) is 73.4 Å². The van der Waals surface area contributed by atoms with Crippen molar-refractivity contribution in [1.82, 2.24) is 9.55 Å². The molecule has 0 amide bonds. The summed E-state index contributed by atoms with van der Waals surface area (Å²) in [5, 5.41) is 3.64. The first-order chi connectivity index (χ1) is 21.8. The van der Waals surface area contributed by atoms with Crippen LogP contribution in [0.5, 0.6) is 0 Å². The Morgan fingerprint density at radius 1 is 0.889 bits per heavy atom. The molecule has 3 heterocycles. The van der Waals surface area contributed by atoms with Gasteiger partial charge in [0.15, 0.2) is 5.78 Å². The molecule has 45 heavy (non-hydrogen) atoms. The summed E-state index contributed by atoms with van der Waals surface area (Å²) in [7, 11) is 0. The summed E-state index contributed by atoms with van der Waals surface area (Å²) < 4.78 is 2.25. The second-order valence-corrected chi connectivity index (χ2v) is 13.4. The average molecular weight is 591 g/mol. The number of aryl methyl sites for hydroxylation is 1. The summed E-state index contributed by atoms with van der Waals surface area (Å²) in [6.45, 7) is 9.76. The fourth-order valence-corrected chi connectivity index (χ4v) is 7.93. The zero-order chi connectivity index (χ0) is 30.9. The Balaban J connectivity index is 1.28. The number of ketones is 1. The summed E-state index contributed by atoms with van der Waals surface area (Å²) in [5.41, 5.74) is 12.3. The van der Waals surface area contributed by atoms with E-state index in [4.69, 9.17) is 4.98 Å². The van der Waals surface area contributed by atoms with E-state index in [9.17, 15) is 4.79 Å². The summed E-state index contributed by atoms with van der Waals surface area (Å²) in [4.78, 5) is 21.8. The molecule has 1 aromatic heterocycles. The number of Topliss-reactive ketones (excluding diaryl/α,β-unsaturated/α-hetero) is 1. The van der Waals surface area contributed by atoms with Crippen LogP contribution in [0.4, 0.5) is 11.6 Å². The molecule has 0 saturated heterocycles. The van der Waals surface area contributed by atoms with E-state index in [2.05, 4.69) is 140 Å². The highest BCUT2D eigenvalue weighted by Gasteiger charge is 2.40. The van der Waals surface area contributed by atoms with E-state index < -0.39 is 0 Å². The SMILES string of the molecule is CC1=CC(C)(C)N(Cc2ccccc2)c2ccc(C3C4=C(CC(c5ccccc5C)CC4=O)Nc4nc5ccccc5n43)cc21. The van der Waals surface area contributed by atoms with Crippen molar-refractivity contribution in [3.05, 3.63) is 142 Å². The van der Waals surface area contributed by atoms with Crippen LogP contribution in [-0.4, -0.2) is 20.9 Å². The second-order valence-electron chi connectivity index (χ2n) is 13.4. The van der Waals surface area contributed by atoms with Gasteiger partial charge in [0.2, 0.25) is 5.95 Å². The lowest BCUT2D eigenvalue weighted by atomic mass is 9.76. The number of carbonyl (C=O) groups excluding carboxylic acids is 1. The number of fused-ring (bicyclic) bond motifs is 4. The Morgan fingerprint density at radius 3 is 2.47 bits per heavy atom. The Hall–Kier alpha value is -4.90. The summed E-state index contributed by atoms with van der Waals surface area (Å²) in [5.74, 6) is 1.15. The lowest BCUT2D eigenvalue weighted by molar-refractivity contribution is -0.116. The van der Waals surface area contributed by atoms with Crippen LogP contribution < -0.4 is 10.2 Å². The number of anilines is 2. The smallest absolute Gasteiger partial charge is 0.209 e. The number of benzene rings is 4. The number of nitrogens with zero attached hydrogens (tertiary/aromatic N) is 3. The van der Waals surface area contributed by atoms with Crippen LogP contribution in [-0.2, 0) is 11.3 Å². The molecule has 0 fully saturated rings. The van der Waals surface area contributed by atoms with Crippen LogP contribution in [0.25, 0.3) is 16.6 Å². The van der Waals surface area contributed by atoms with Gasteiger partial charge in [0.25, 0.3) is 0 Å². The first-order valence-electron chi connectivity index (χ1n) is 16.0. The monoisotopic (exact) mass is 590 g/mol. The first-order valence-corrected chi connectivity index (χ1v) is 16.0. The Morgan fingerprint density at radius 2 is 1.64 bits per heavy atom. The van der Waals surface area contributed by atoms with Gasteiger partial charge in [0, 0.05) is 35.5 Å². The molecule has 224 valence electrons. The quantitative estimate of drug-likeness (QED) is 0.227. The predicted molar refractivity (Wildman–Crippen MR) is 183 cm³/mol. The molecule has 0 spiro atoms. The van der Waals surface area contributed by atoms with E-state index in [0.717, 1.165) is 46.8 Å². The number of para-hydroxylation sites is 2. The Bertz CT molecular complexity index is 2050. The van der Waals surface area contributed by atoms with Crippen molar-refractivity contribution >= 4 is 34.0 Å². The maximum absolute atomic E-state index is 14.3. The molecule has 0 saturated carbocycles. The third kappa shape index (κ3) is 4.52. The number of nitrogens with one attached hydrogen (secondary N) is 1. The maximum Gasteiger partial charge on any atom is 0.209 e. The van der Waals surface area contributed by atoms with Crippen LogP contribution >= 0.6 is 0 Å². The molecule has 5 nitrogen and oxygen atoms in total. The van der Waals surface area contributed by atoms with Gasteiger partial charge in [-0.3, -0.25) is 9.36 Å². The highest BCUT2D eigenvalue weighted by molar-refractivity contribution is 6.01. The maximum atomic E-state index is 14.3. The molecule has 5 heteroatoms. The number of hydrogen-bond acceptors (Lipinski definition) is 4. The topological polar surface area (TPSA) is 50.2 Å². The highest BCUT2D eigenvalue weighted by atomic mass is 16.1. The zero-order valence-corrected chi connectivity index (χ0v) is 26.3. The minimum absolute atomic E-state index is 0.142. The number of rotatable bonds is 4. The fourth-order valence-electron chi connectivity index (χ4n) is 7.93. The number of aromatic nitrogens is 2. The van der Waals surface area contributed by atoms with E-state index in [1.54, 1.807) is 0 Å². The van der Waals surface area contributed by atoms with Crippen LogP contribution in [0.3, 0.4) is 0 Å². The Labute approximate surface area is 264 Å². The van der Waals surface area contributed by atoms with Gasteiger partial charge in [0.1, 0.15) is 0 Å². The number of carbonyl (C=O) groups is 1. The average Bonchev–Trinajstić information content (AvgIpc) is 3.40. The molecule has 0 bridgehead atoms. The molecule has 1 N–H and O–H groups in total. The summed E-state index contributed by atoms with van der Waals surface area (Å²) in [6.07, 6.45) is 3.67. The molecule has 2 atom stereocenters.